The zero-order chi connectivity index (χ0) is 24.8. The molecule has 7 heteroatoms. The highest BCUT2D eigenvalue weighted by molar-refractivity contribution is 7.51. The molecular weight excluding hydrogens is 437 g/mol. The molecule has 0 saturated heterocycles. The third-order valence-electron chi connectivity index (χ3n) is 5.86. The standard InChI is InChI=1S/C26H37NO5P/c1-26(2,3)21(18-14-10-8-11-15-18)23(33(30)19-16-12-9-13-17-19)22(27(4)5)20(24(28)31-6)25(29)32-7/h8,10-11,14-15,19H,9,12-13,16-17H2,1-7H3/q+1/b23-21+. The summed E-state index contributed by atoms with van der Waals surface area (Å²) in [5.74, 6) is -1.62. The second-order valence-corrected chi connectivity index (χ2v) is 11.4. The largest absolute Gasteiger partial charge is 0.465 e. The van der Waals surface area contributed by atoms with E-state index in [0.717, 1.165) is 43.2 Å². The fourth-order valence-corrected chi connectivity index (χ4v) is 6.80. The lowest BCUT2D eigenvalue weighted by molar-refractivity contribution is -0.144. The minimum absolute atomic E-state index is 0.0173. The number of nitrogens with zero attached hydrogens (tertiary/aromatic N) is 1. The summed E-state index contributed by atoms with van der Waals surface area (Å²) in [5.41, 5.74) is 1.38. The van der Waals surface area contributed by atoms with Gasteiger partial charge in [-0.1, -0.05) is 62.1 Å². The van der Waals surface area contributed by atoms with Gasteiger partial charge in [-0.3, -0.25) is 0 Å². The van der Waals surface area contributed by atoms with E-state index < -0.39 is 25.2 Å². The topological polar surface area (TPSA) is 72.9 Å². The molecular formula is C26H37NO5P+. The summed E-state index contributed by atoms with van der Waals surface area (Å²) >= 11 is 0. The van der Waals surface area contributed by atoms with Gasteiger partial charge in [0, 0.05) is 19.7 Å². The molecule has 1 aliphatic carbocycles. The molecule has 0 spiro atoms. The van der Waals surface area contributed by atoms with Gasteiger partial charge in [-0.15, -0.1) is 0 Å². The van der Waals surface area contributed by atoms with Crippen molar-refractivity contribution in [3.8, 4) is 0 Å². The van der Waals surface area contributed by atoms with E-state index in [-0.39, 0.29) is 11.2 Å². The fraction of sp³-hybridized carbons (Fsp3) is 0.538. The van der Waals surface area contributed by atoms with Crippen LogP contribution in [0.4, 0.5) is 0 Å². The molecule has 0 amide bonds. The second kappa shape index (κ2) is 11.6. The number of likely N-dealkylation sites (N-methyl/N-ethyl adjacent to an activating group) is 1. The molecule has 0 bridgehead atoms. The second-order valence-electron chi connectivity index (χ2n) is 9.56. The highest BCUT2D eigenvalue weighted by atomic mass is 31.1. The summed E-state index contributed by atoms with van der Waals surface area (Å²) in [6.45, 7) is 6.17. The molecule has 180 valence electrons. The number of benzene rings is 1. The lowest BCUT2D eigenvalue weighted by atomic mass is 9.81. The van der Waals surface area contributed by atoms with Gasteiger partial charge in [0.25, 0.3) is 0 Å². The average molecular weight is 475 g/mol. The van der Waals surface area contributed by atoms with Gasteiger partial charge in [0.2, 0.25) is 5.31 Å². The number of methoxy groups -OCH3 is 2. The van der Waals surface area contributed by atoms with Crippen molar-refractivity contribution in [1.82, 2.24) is 4.90 Å². The first-order valence-electron chi connectivity index (χ1n) is 11.4. The Hall–Kier alpha value is -2.46. The highest BCUT2D eigenvalue weighted by Gasteiger charge is 2.46. The summed E-state index contributed by atoms with van der Waals surface area (Å²) in [4.78, 5) is 27.4. The number of hydrogen-bond donors (Lipinski definition) is 0. The predicted molar refractivity (Wildman–Crippen MR) is 132 cm³/mol. The van der Waals surface area contributed by atoms with Crippen LogP contribution in [0.1, 0.15) is 58.4 Å². The summed E-state index contributed by atoms with van der Waals surface area (Å²) in [6, 6.07) is 9.77. The molecule has 1 aromatic rings. The number of esters is 2. The maximum Gasteiger partial charge on any atom is 0.382 e. The van der Waals surface area contributed by atoms with Crippen molar-refractivity contribution >= 4 is 25.3 Å². The van der Waals surface area contributed by atoms with Crippen molar-refractivity contribution < 1.29 is 23.6 Å². The third-order valence-corrected chi connectivity index (χ3v) is 7.92. The molecule has 1 aromatic carbocycles. The lowest BCUT2D eigenvalue weighted by Crippen LogP contribution is -2.27. The van der Waals surface area contributed by atoms with Crippen LogP contribution in [-0.4, -0.2) is 50.8 Å². The summed E-state index contributed by atoms with van der Waals surface area (Å²) in [7, 11) is 4.01. The average Bonchev–Trinajstić information content (AvgIpc) is 2.80. The van der Waals surface area contributed by atoms with Crippen molar-refractivity contribution in [1.29, 1.82) is 0 Å². The van der Waals surface area contributed by atoms with Gasteiger partial charge in [0.05, 0.1) is 14.2 Å². The van der Waals surface area contributed by atoms with E-state index in [9.17, 15) is 14.2 Å². The molecule has 1 saturated carbocycles. The maximum absolute atomic E-state index is 14.4. The van der Waals surface area contributed by atoms with Crippen molar-refractivity contribution in [3.63, 3.8) is 0 Å². The number of allylic oxidation sites excluding steroid dienone is 2. The molecule has 2 rings (SSSR count). The van der Waals surface area contributed by atoms with Gasteiger partial charge in [-0.2, -0.15) is 0 Å². The molecule has 1 atom stereocenters. The van der Waals surface area contributed by atoms with E-state index in [0.29, 0.717) is 11.0 Å². The molecule has 0 radical (unpaired) electrons. The zero-order valence-corrected chi connectivity index (χ0v) is 21.8. The van der Waals surface area contributed by atoms with Crippen LogP contribution < -0.4 is 0 Å². The van der Waals surface area contributed by atoms with Gasteiger partial charge in [-0.25, -0.2) is 9.59 Å². The molecule has 0 aliphatic heterocycles. The Bertz CT molecular complexity index is 917. The monoisotopic (exact) mass is 474 g/mol. The Morgan fingerprint density at radius 2 is 1.45 bits per heavy atom. The Morgan fingerprint density at radius 3 is 1.88 bits per heavy atom. The van der Waals surface area contributed by atoms with Crippen molar-refractivity contribution in [2.75, 3.05) is 28.3 Å². The van der Waals surface area contributed by atoms with Crippen molar-refractivity contribution in [3.05, 3.63) is 52.5 Å². The predicted octanol–water partition coefficient (Wildman–Crippen LogP) is 5.77. The third kappa shape index (κ3) is 6.32. The summed E-state index contributed by atoms with van der Waals surface area (Å²) < 4.78 is 24.3. The number of ether oxygens (including phenoxy) is 2. The fourth-order valence-electron chi connectivity index (χ4n) is 4.40. The van der Waals surface area contributed by atoms with Crippen LogP contribution in [0, 0.1) is 5.41 Å². The number of carbonyl (C=O) groups is 2. The Labute approximate surface area is 198 Å². The summed E-state index contributed by atoms with van der Waals surface area (Å²) in [6.07, 6.45) is 4.90. The van der Waals surface area contributed by atoms with Crippen LogP contribution >= 0.6 is 7.80 Å². The van der Waals surface area contributed by atoms with E-state index in [1.54, 1.807) is 19.0 Å². The summed E-state index contributed by atoms with van der Waals surface area (Å²) in [5, 5.41) is 0.534. The minimum Gasteiger partial charge on any atom is -0.465 e. The SMILES string of the molecule is COC(=O)C(C(=O)OC)=C(/C(=C(/c1ccccc1)C(C)(C)C)[P+](=O)C1CCCCC1)N(C)C. The van der Waals surface area contributed by atoms with Crippen LogP contribution in [-0.2, 0) is 23.6 Å². The van der Waals surface area contributed by atoms with E-state index >= 15 is 0 Å². The first kappa shape index (κ1) is 26.8. The van der Waals surface area contributed by atoms with Gasteiger partial charge in [0.1, 0.15) is 5.70 Å². The van der Waals surface area contributed by atoms with Crippen LogP contribution in [0.5, 0.6) is 0 Å². The lowest BCUT2D eigenvalue weighted by Gasteiger charge is -2.28. The molecule has 0 N–H and O–H groups in total. The molecule has 1 fully saturated rings. The van der Waals surface area contributed by atoms with Gasteiger partial charge < -0.3 is 14.4 Å². The van der Waals surface area contributed by atoms with E-state index in [1.807, 2.05) is 30.3 Å². The van der Waals surface area contributed by atoms with Crippen LogP contribution in [0.2, 0.25) is 0 Å². The van der Waals surface area contributed by atoms with Crippen LogP contribution in [0.3, 0.4) is 0 Å². The van der Waals surface area contributed by atoms with Crippen LogP contribution in [0.15, 0.2) is 46.9 Å². The minimum atomic E-state index is -1.94. The normalized spacial score (nSPS) is 15.8. The first-order valence-corrected chi connectivity index (χ1v) is 12.7. The molecule has 6 nitrogen and oxygen atoms in total. The Balaban J connectivity index is 3.05. The number of rotatable bonds is 7. The molecule has 0 aromatic heterocycles. The molecule has 33 heavy (non-hydrogen) atoms. The molecule has 0 heterocycles. The van der Waals surface area contributed by atoms with E-state index in [4.69, 9.17) is 9.47 Å². The van der Waals surface area contributed by atoms with Gasteiger partial charge in [0.15, 0.2) is 11.2 Å². The van der Waals surface area contributed by atoms with Crippen LogP contribution in [0.25, 0.3) is 5.57 Å². The Morgan fingerprint density at radius 1 is 0.939 bits per heavy atom. The quantitative estimate of drug-likeness (QED) is 0.125. The number of carbonyl (C=O) groups excluding carboxylic acids is 2. The highest BCUT2D eigenvalue weighted by Crippen LogP contribution is 2.54. The van der Waals surface area contributed by atoms with Crippen molar-refractivity contribution in [2.24, 2.45) is 5.41 Å². The molecule has 1 aliphatic rings. The van der Waals surface area contributed by atoms with Gasteiger partial charge in [-0.05, 0) is 36.7 Å². The Kier molecular flexibility index (Phi) is 9.42. The first-order chi connectivity index (χ1) is 15.5. The smallest absolute Gasteiger partial charge is 0.382 e. The van der Waals surface area contributed by atoms with E-state index in [2.05, 4.69) is 20.8 Å². The molecule has 1 unspecified atom stereocenters. The number of hydrogen-bond acceptors (Lipinski definition) is 6. The zero-order valence-electron chi connectivity index (χ0n) is 20.9. The maximum atomic E-state index is 14.4. The van der Waals surface area contributed by atoms with Gasteiger partial charge >= 0.3 is 19.7 Å². The van der Waals surface area contributed by atoms with Crippen molar-refractivity contribution in [2.45, 2.75) is 58.5 Å². The van der Waals surface area contributed by atoms with E-state index in [1.165, 1.54) is 14.2 Å².